The number of hydrogen-bond donors (Lipinski definition) is 2. The monoisotopic (exact) mass is 307 g/mol. The minimum Gasteiger partial charge on any atom is -0.493 e. The summed E-state index contributed by atoms with van der Waals surface area (Å²) in [4.78, 5) is 16.4. The van der Waals surface area contributed by atoms with Crippen molar-refractivity contribution in [3.63, 3.8) is 0 Å². The Hall–Kier alpha value is -3.35. The Morgan fingerprint density at radius 3 is 2.70 bits per heavy atom. The van der Waals surface area contributed by atoms with Crippen molar-refractivity contribution >= 4 is 10.9 Å². The van der Waals surface area contributed by atoms with Gasteiger partial charge in [0.2, 0.25) is 5.88 Å². The molecular formula is C16H13N5O2. The van der Waals surface area contributed by atoms with Gasteiger partial charge < -0.3 is 5.11 Å². The number of nitrogens with zero attached hydrogens (tertiary/aromatic N) is 4. The SMILES string of the molecule is Cn1c(O)cn(-c2cc3c(-c4ccccc4)n[nH]c3cn2)c1=O. The molecule has 0 aliphatic rings. The lowest BCUT2D eigenvalue weighted by atomic mass is 10.1. The second kappa shape index (κ2) is 4.84. The molecule has 3 aromatic heterocycles. The van der Waals surface area contributed by atoms with E-state index in [2.05, 4.69) is 15.2 Å². The van der Waals surface area contributed by atoms with E-state index in [4.69, 9.17) is 0 Å². The van der Waals surface area contributed by atoms with Gasteiger partial charge in [-0.2, -0.15) is 5.10 Å². The molecule has 114 valence electrons. The standard InChI is InChI=1S/C16H13N5O2/c1-20-14(22)9-21(16(20)23)13-7-11-12(8-17-13)18-19-15(11)10-5-3-2-4-6-10/h2-9,22H,1H3,(H,18,19). The number of imidazole rings is 1. The third-order valence-electron chi connectivity index (χ3n) is 3.81. The number of H-pyrrole nitrogens is 1. The van der Waals surface area contributed by atoms with Crippen molar-refractivity contribution in [2.45, 2.75) is 0 Å². The smallest absolute Gasteiger partial charge is 0.336 e. The minimum atomic E-state index is -0.362. The Morgan fingerprint density at radius 1 is 1.22 bits per heavy atom. The summed E-state index contributed by atoms with van der Waals surface area (Å²) in [5.41, 5.74) is 2.18. The first-order chi connectivity index (χ1) is 11.1. The molecule has 1 aromatic carbocycles. The minimum absolute atomic E-state index is 0.118. The number of aromatic hydroxyl groups is 1. The van der Waals surface area contributed by atoms with Crippen molar-refractivity contribution in [1.29, 1.82) is 0 Å². The molecule has 3 heterocycles. The van der Waals surface area contributed by atoms with Crippen LogP contribution in [0.1, 0.15) is 0 Å². The van der Waals surface area contributed by atoms with Crippen LogP contribution in [0.2, 0.25) is 0 Å². The van der Waals surface area contributed by atoms with E-state index in [-0.39, 0.29) is 11.6 Å². The number of nitrogens with one attached hydrogen (secondary N) is 1. The third kappa shape index (κ3) is 2.02. The van der Waals surface area contributed by atoms with Crippen LogP contribution in [-0.4, -0.2) is 29.4 Å². The predicted octanol–water partition coefficient (Wildman–Crippen LogP) is 1.82. The van der Waals surface area contributed by atoms with Crippen molar-refractivity contribution in [1.82, 2.24) is 24.3 Å². The second-order valence-corrected chi connectivity index (χ2v) is 5.23. The van der Waals surface area contributed by atoms with Crippen LogP contribution in [-0.2, 0) is 7.05 Å². The van der Waals surface area contributed by atoms with Gasteiger partial charge in [0.15, 0.2) is 0 Å². The second-order valence-electron chi connectivity index (χ2n) is 5.23. The van der Waals surface area contributed by atoms with Crippen LogP contribution < -0.4 is 5.69 Å². The normalized spacial score (nSPS) is 11.2. The highest BCUT2D eigenvalue weighted by Crippen LogP contribution is 2.26. The molecule has 0 saturated heterocycles. The average Bonchev–Trinajstić information content (AvgIpc) is 3.12. The lowest BCUT2D eigenvalue weighted by Crippen LogP contribution is -2.21. The number of pyridine rings is 1. The quantitative estimate of drug-likeness (QED) is 0.591. The van der Waals surface area contributed by atoms with Gasteiger partial charge in [0.1, 0.15) is 11.5 Å². The van der Waals surface area contributed by atoms with Crippen LogP contribution in [0.4, 0.5) is 0 Å². The molecule has 0 unspecified atom stereocenters. The van der Waals surface area contributed by atoms with E-state index >= 15 is 0 Å². The zero-order chi connectivity index (χ0) is 16.0. The van der Waals surface area contributed by atoms with E-state index in [9.17, 15) is 9.90 Å². The van der Waals surface area contributed by atoms with Gasteiger partial charge in [-0.25, -0.2) is 14.3 Å². The molecule has 23 heavy (non-hydrogen) atoms. The summed E-state index contributed by atoms with van der Waals surface area (Å²) in [6.07, 6.45) is 2.97. The van der Waals surface area contributed by atoms with Gasteiger partial charge in [-0.3, -0.25) is 9.67 Å². The van der Waals surface area contributed by atoms with Crippen LogP contribution in [0.3, 0.4) is 0 Å². The van der Waals surface area contributed by atoms with Gasteiger partial charge in [0, 0.05) is 18.0 Å². The summed E-state index contributed by atoms with van der Waals surface area (Å²) >= 11 is 0. The Balaban J connectivity index is 1.94. The third-order valence-corrected chi connectivity index (χ3v) is 3.81. The summed E-state index contributed by atoms with van der Waals surface area (Å²) < 4.78 is 2.45. The largest absolute Gasteiger partial charge is 0.493 e. The van der Waals surface area contributed by atoms with Crippen LogP contribution in [0.25, 0.3) is 28.0 Å². The van der Waals surface area contributed by atoms with E-state index in [0.717, 1.165) is 26.7 Å². The number of benzene rings is 1. The van der Waals surface area contributed by atoms with Crippen molar-refractivity contribution in [2.75, 3.05) is 0 Å². The molecule has 0 fully saturated rings. The first kappa shape index (κ1) is 13.3. The molecule has 2 N–H and O–H groups in total. The molecular weight excluding hydrogens is 294 g/mol. The summed E-state index contributed by atoms with van der Waals surface area (Å²) in [6.45, 7) is 0. The van der Waals surface area contributed by atoms with Gasteiger partial charge in [-0.1, -0.05) is 30.3 Å². The van der Waals surface area contributed by atoms with Crippen molar-refractivity contribution in [3.8, 4) is 23.0 Å². The summed E-state index contributed by atoms with van der Waals surface area (Å²) in [5, 5.41) is 17.8. The van der Waals surface area contributed by atoms with Crippen molar-refractivity contribution < 1.29 is 5.11 Å². The van der Waals surface area contributed by atoms with Crippen molar-refractivity contribution in [2.24, 2.45) is 7.05 Å². The Labute approximate surface area is 130 Å². The molecule has 4 aromatic rings. The van der Waals surface area contributed by atoms with E-state index < -0.39 is 0 Å². The van der Waals surface area contributed by atoms with Crippen molar-refractivity contribution in [3.05, 3.63) is 59.3 Å². The average molecular weight is 307 g/mol. The Bertz CT molecular complexity index is 1060. The molecule has 0 saturated carbocycles. The lowest BCUT2D eigenvalue weighted by molar-refractivity contribution is 0.429. The van der Waals surface area contributed by atoms with Crippen LogP contribution in [0.5, 0.6) is 5.88 Å². The highest BCUT2D eigenvalue weighted by Gasteiger charge is 2.13. The van der Waals surface area contributed by atoms with Crippen LogP contribution in [0.15, 0.2) is 53.6 Å². The maximum Gasteiger partial charge on any atom is 0.336 e. The van der Waals surface area contributed by atoms with Gasteiger partial charge in [-0.05, 0) is 6.07 Å². The number of hydrogen-bond acceptors (Lipinski definition) is 4. The molecule has 0 bridgehead atoms. The molecule has 0 spiro atoms. The van der Waals surface area contributed by atoms with Crippen LogP contribution in [0, 0.1) is 0 Å². The summed E-state index contributed by atoms with van der Waals surface area (Å²) in [6, 6.07) is 11.5. The lowest BCUT2D eigenvalue weighted by Gasteiger charge is -2.01. The van der Waals surface area contributed by atoms with Gasteiger partial charge in [0.05, 0.1) is 17.9 Å². The van der Waals surface area contributed by atoms with E-state index in [1.165, 1.54) is 17.8 Å². The molecule has 0 aliphatic heterocycles. The molecule has 0 aliphatic carbocycles. The zero-order valence-electron chi connectivity index (χ0n) is 12.3. The fraction of sp³-hybridized carbons (Fsp3) is 0.0625. The molecule has 0 radical (unpaired) electrons. The first-order valence-electron chi connectivity index (χ1n) is 7.02. The Kier molecular flexibility index (Phi) is 2.80. The maximum atomic E-state index is 12.1. The van der Waals surface area contributed by atoms with E-state index in [1.807, 2.05) is 30.3 Å². The first-order valence-corrected chi connectivity index (χ1v) is 7.02. The molecule has 7 heteroatoms. The fourth-order valence-corrected chi connectivity index (χ4v) is 2.53. The fourth-order valence-electron chi connectivity index (χ4n) is 2.53. The van der Waals surface area contributed by atoms with E-state index in [1.54, 1.807) is 12.3 Å². The topological polar surface area (TPSA) is 88.7 Å². The number of aromatic amines is 1. The molecule has 7 nitrogen and oxygen atoms in total. The summed E-state index contributed by atoms with van der Waals surface area (Å²) in [5.74, 6) is 0.310. The number of aromatic nitrogens is 5. The predicted molar refractivity (Wildman–Crippen MR) is 85.6 cm³/mol. The van der Waals surface area contributed by atoms with Gasteiger partial charge >= 0.3 is 5.69 Å². The Morgan fingerprint density at radius 2 is 2.00 bits per heavy atom. The molecule has 0 atom stereocenters. The van der Waals surface area contributed by atoms with Crippen LogP contribution >= 0.6 is 0 Å². The summed E-state index contributed by atoms with van der Waals surface area (Å²) in [7, 11) is 1.50. The highest BCUT2D eigenvalue weighted by atomic mass is 16.3. The van der Waals surface area contributed by atoms with Gasteiger partial charge in [-0.15, -0.1) is 0 Å². The highest BCUT2D eigenvalue weighted by molar-refractivity contribution is 5.93. The molecule has 4 rings (SSSR count). The maximum absolute atomic E-state index is 12.1. The number of rotatable bonds is 2. The van der Waals surface area contributed by atoms with Gasteiger partial charge in [0.25, 0.3) is 0 Å². The molecule has 0 amide bonds. The van der Waals surface area contributed by atoms with E-state index in [0.29, 0.717) is 5.82 Å². The zero-order valence-corrected chi connectivity index (χ0v) is 12.3. The number of fused-ring (bicyclic) bond motifs is 1.